The standard InChI is InChI=1S/C17H24FN5O3/c1-9-20-14(22(3)10-5-4-6-10)12-15(21-9)23(8-19-12)16-17(2,18)13(25)11(7-24)26-16/h8,10-11,13,16,24-25H,4-7H2,1-3H3/t11-,13-,16-,17-/m1/s1. The van der Waals surface area contributed by atoms with Crippen LogP contribution in [0.1, 0.15) is 38.2 Å². The Labute approximate surface area is 150 Å². The molecule has 3 heterocycles. The van der Waals surface area contributed by atoms with Crippen molar-refractivity contribution in [1.29, 1.82) is 0 Å². The van der Waals surface area contributed by atoms with E-state index in [1.54, 1.807) is 6.92 Å². The van der Waals surface area contributed by atoms with Crippen molar-refractivity contribution in [2.24, 2.45) is 0 Å². The maximum Gasteiger partial charge on any atom is 0.181 e. The Bertz CT molecular complexity index is 822. The number of aryl methyl sites for hydroxylation is 1. The first-order chi connectivity index (χ1) is 12.3. The van der Waals surface area contributed by atoms with E-state index in [0.29, 0.717) is 28.8 Å². The molecule has 0 spiro atoms. The molecule has 1 saturated heterocycles. The second kappa shape index (κ2) is 6.11. The normalized spacial score (nSPS) is 32.2. The summed E-state index contributed by atoms with van der Waals surface area (Å²) in [6.45, 7) is 2.58. The van der Waals surface area contributed by atoms with Gasteiger partial charge in [0.15, 0.2) is 28.9 Å². The minimum atomic E-state index is -2.08. The smallest absolute Gasteiger partial charge is 0.181 e. The molecule has 4 rings (SSSR count). The fraction of sp³-hybridized carbons (Fsp3) is 0.706. The van der Waals surface area contributed by atoms with E-state index in [1.807, 2.05) is 7.05 Å². The van der Waals surface area contributed by atoms with E-state index in [2.05, 4.69) is 19.9 Å². The number of aliphatic hydroxyl groups excluding tert-OH is 2. The predicted molar refractivity (Wildman–Crippen MR) is 92.6 cm³/mol. The van der Waals surface area contributed by atoms with E-state index in [1.165, 1.54) is 24.2 Å². The molecule has 8 nitrogen and oxygen atoms in total. The molecule has 2 aromatic rings. The molecule has 4 atom stereocenters. The van der Waals surface area contributed by atoms with Crippen molar-refractivity contribution >= 4 is 17.0 Å². The van der Waals surface area contributed by atoms with E-state index in [0.717, 1.165) is 12.8 Å². The number of anilines is 1. The highest BCUT2D eigenvalue weighted by Crippen LogP contribution is 2.42. The number of halogens is 1. The molecule has 9 heteroatoms. The van der Waals surface area contributed by atoms with Crippen LogP contribution in [0.4, 0.5) is 10.2 Å². The quantitative estimate of drug-likeness (QED) is 0.837. The number of nitrogens with zero attached hydrogens (tertiary/aromatic N) is 5. The summed E-state index contributed by atoms with van der Waals surface area (Å²) >= 11 is 0. The lowest BCUT2D eigenvalue weighted by Crippen LogP contribution is -2.40. The van der Waals surface area contributed by atoms with Gasteiger partial charge in [0, 0.05) is 13.1 Å². The Morgan fingerprint density at radius 1 is 1.42 bits per heavy atom. The maximum atomic E-state index is 15.2. The monoisotopic (exact) mass is 365 g/mol. The van der Waals surface area contributed by atoms with Crippen LogP contribution in [0, 0.1) is 6.92 Å². The van der Waals surface area contributed by atoms with Gasteiger partial charge in [-0.2, -0.15) is 0 Å². The summed E-state index contributed by atoms with van der Waals surface area (Å²) < 4.78 is 22.2. The number of imidazole rings is 1. The van der Waals surface area contributed by atoms with Crippen molar-refractivity contribution in [3.05, 3.63) is 12.2 Å². The summed E-state index contributed by atoms with van der Waals surface area (Å²) in [6, 6.07) is 0.424. The average molecular weight is 365 g/mol. The molecule has 1 aliphatic heterocycles. The molecule has 0 radical (unpaired) electrons. The van der Waals surface area contributed by atoms with Gasteiger partial charge in [0.25, 0.3) is 0 Å². The largest absolute Gasteiger partial charge is 0.394 e. The van der Waals surface area contributed by atoms with Crippen LogP contribution in [-0.4, -0.2) is 67.3 Å². The molecular formula is C17H24FN5O3. The number of ether oxygens (including phenoxy) is 1. The van der Waals surface area contributed by atoms with Crippen LogP contribution in [0.2, 0.25) is 0 Å². The molecular weight excluding hydrogens is 341 g/mol. The molecule has 0 amide bonds. The van der Waals surface area contributed by atoms with Gasteiger partial charge in [0.05, 0.1) is 12.9 Å². The summed E-state index contributed by atoms with van der Waals surface area (Å²) in [5.74, 6) is 1.27. The van der Waals surface area contributed by atoms with Gasteiger partial charge >= 0.3 is 0 Å². The van der Waals surface area contributed by atoms with Crippen LogP contribution in [-0.2, 0) is 4.74 Å². The van der Waals surface area contributed by atoms with Crippen LogP contribution < -0.4 is 4.90 Å². The van der Waals surface area contributed by atoms with Crippen LogP contribution in [0.3, 0.4) is 0 Å². The molecule has 26 heavy (non-hydrogen) atoms. The number of aromatic nitrogens is 4. The first-order valence-corrected chi connectivity index (χ1v) is 8.92. The lowest BCUT2D eigenvalue weighted by molar-refractivity contribution is -0.0567. The van der Waals surface area contributed by atoms with Crippen LogP contribution >= 0.6 is 0 Å². The van der Waals surface area contributed by atoms with E-state index < -0.39 is 30.7 Å². The highest BCUT2D eigenvalue weighted by Gasteiger charge is 2.55. The topological polar surface area (TPSA) is 96.5 Å². The van der Waals surface area contributed by atoms with E-state index >= 15 is 4.39 Å². The van der Waals surface area contributed by atoms with Gasteiger partial charge in [-0.15, -0.1) is 0 Å². The molecule has 1 saturated carbocycles. The fourth-order valence-electron chi connectivity index (χ4n) is 3.73. The summed E-state index contributed by atoms with van der Waals surface area (Å²) in [4.78, 5) is 15.5. The van der Waals surface area contributed by atoms with Gasteiger partial charge in [-0.3, -0.25) is 4.57 Å². The van der Waals surface area contributed by atoms with Crippen molar-refractivity contribution in [2.45, 2.75) is 63.3 Å². The molecule has 2 N–H and O–H groups in total. The number of alkyl halides is 1. The summed E-state index contributed by atoms with van der Waals surface area (Å²) in [5, 5.41) is 19.5. The Hall–Kier alpha value is -1.84. The Morgan fingerprint density at radius 2 is 2.15 bits per heavy atom. The predicted octanol–water partition coefficient (Wildman–Crippen LogP) is 1.10. The van der Waals surface area contributed by atoms with Crippen molar-refractivity contribution in [1.82, 2.24) is 19.5 Å². The molecule has 2 aromatic heterocycles. The lowest BCUT2D eigenvalue weighted by Gasteiger charge is -2.35. The third-order valence-electron chi connectivity index (χ3n) is 5.62. The zero-order valence-electron chi connectivity index (χ0n) is 15.1. The molecule has 1 aliphatic carbocycles. The SMILES string of the molecule is Cc1nc(N(C)C2CCC2)c2ncn([C@@H]3O[C@H](CO)[C@@H](O)[C@@]3(C)F)c2n1. The Morgan fingerprint density at radius 3 is 2.73 bits per heavy atom. The van der Waals surface area contributed by atoms with Crippen molar-refractivity contribution in [3.63, 3.8) is 0 Å². The first-order valence-electron chi connectivity index (χ1n) is 8.92. The minimum Gasteiger partial charge on any atom is -0.394 e. The van der Waals surface area contributed by atoms with E-state index in [4.69, 9.17) is 4.74 Å². The van der Waals surface area contributed by atoms with E-state index in [9.17, 15) is 10.2 Å². The molecule has 0 bridgehead atoms. The second-order valence-electron chi connectivity index (χ2n) is 7.42. The second-order valence-corrected chi connectivity index (χ2v) is 7.42. The van der Waals surface area contributed by atoms with Gasteiger partial charge in [0.1, 0.15) is 18.0 Å². The molecule has 142 valence electrons. The first kappa shape index (κ1) is 17.6. The highest BCUT2D eigenvalue weighted by atomic mass is 19.1. The number of aliphatic hydroxyl groups is 2. The van der Waals surface area contributed by atoms with Crippen molar-refractivity contribution < 1.29 is 19.3 Å². The van der Waals surface area contributed by atoms with E-state index in [-0.39, 0.29) is 0 Å². The number of fused-ring (bicyclic) bond motifs is 1. The van der Waals surface area contributed by atoms with Gasteiger partial charge in [-0.25, -0.2) is 19.3 Å². The highest BCUT2D eigenvalue weighted by molar-refractivity contribution is 5.84. The summed E-state index contributed by atoms with van der Waals surface area (Å²) in [6.07, 6.45) is 1.33. The van der Waals surface area contributed by atoms with Crippen LogP contribution in [0.25, 0.3) is 11.2 Å². The lowest BCUT2D eigenvalue weighted by atomic mass is 9.92. The third-order valence-corrected chi connectivity index (χ3v) is 5.62. The van der Waals surface area contributed by atoms with Gasteiger partial charge in [-0.1, -0.05) is 0 Å². The van der Waals surface area contributed by atoms with Crippen molar-refractivity contribution in [3.8, 4) is 0 Å². The molecule has 2 aliphatic rings. The molecule has 0 unspecified atom stereocenters. The average Bonchev–Trinajstić information content (AvgIpc) is 3.04. The summed E-state index contributed by atoms with van der Waals surface area (Å²) in [5.41, 5.74) is -1.05. The maximum absolute atomic E-state index is 15.2. The minimum absolute atomic E-state index is 0.424. The Kier molecular flexibility index (Phi) is 4.13. The zero-order chi connectivity index (χ0) is 18.6. The van der Waals surface area contributed by atoms with Gasteiger partial charge < -0.3 is 19.8 Å². The van der Waals surface area contributed by atoms with Crippen LogP contribution in [0.15, 0.2) is 6.33 Å². The number of hydrogen-bond acceptors (Lipinski definition) is 7. The fourth-order valence-corrected chi connectivity index (χ4v) is 3.73. The number of hydrogen-bond donors (Lipinski definition) is 2. The molecule has 0 aromatic carbocycles. The third kappa shape index (κ3) is 2.49. The van der Waals surface area contributed by atoms with Gasteiger partial charge in [0.2, 0.25) is 0 Å². The number of rotatable bonds is 4. The summed E-state index contributed by atoms with van der Waals surface area (Å²) in [7, 11) is 1.99. The van der Waals surface area contributed by atoms with Crippen LogP contribution in [0.5, 0.6) is 0 Å². The Balaban J connectivity index is 1.79. The van der Waals surface area contributed by atoms with Crippen molar-refractivity contribution in [2.75, 3.05) is 18.6 Å². The van der Waals surface area contributed by atoms with Gasteiger partial charge in [-0.05, 0) is 33.1 Å². The molecule has 2 fully saturated rings. The zero-order valence-corrected chi connectivity index (χ0v) is 15.1.